The maximum absolute atomic E-state index is 10.8. The van der Waals surface area contributed by atoms with Crippen LogP contribution in [0.2, 0.25) is 0 Å². The number of fused-ring (bicyclic) bond motifs is 2. The van der Waals surface area contributed by atoms with Gasteiger partial charge in [-0.2, -0.15) is 11.8 Å². The fourth-order valence-corrected chi connectivity index (χ4v) is 4.21. The zero-order valence-corrected chi connectivity index (χ0v) is 7.66. The Balaban J connectivity index is 2.24. The molecule has 0 aromatic carbocycles. The van der Waals surface area contributed by atoms with Gasteiger partial charge < -0.3 is 10.2 Å². The molecule has 2 rings (SSSR count). The topological polar surface area (TPSA) is 74.6 Å². The molecule has 2 heterocycles. The van der Waals surface area contributed by atoms with Crippen molar-refractivity contribution in [3.05, 3.63) is 0 Å². The number of hydrogen-bond donors (Lipinski definition) is 2. The van der Waals surface area contributed by atoms with E-state index in [4.69, 9.17) is 10.2 Å². The van der Waals surface area contributed by atoms with Crippen LogP contribution in [0.3, 0.4) is 0 Å². The molecule has 13 heavy (non-hydrogen) atoms. The summed E-state index contributed by atoms with van der Waals surface area (Å²) in [5.74, 6) is -3.23. The van der Waals surface area contributed by atoms with Gasteiger partial charge in [-0.05, 0) is 12.8 Å². The monoisotopic (exact) mass is 202 g/mol. The fourth-order valence-electron chi connectivity index (χ4n) is 2.31. The number of carbonyl (C=O) groups is 2. The maximum Gasteiger partial charge on any atom is 0.308 e. The SMILES string of the molecule is O=C(O)[C@@H]1[C@H](C(=O)O)[C@@H]2CC[C@H]1S2. The van der Waals surface area contributed by atoms with E-state index in [2.05, 4.69) is 0 Å². The lowest BCUT2D eigenvalue weighted by Crippen LogP contribution is -2.38. The average Bonchev–Trinajstić information content (AvgIpc) is 2.60. The van der Waals surface area contributed by atoms with Crippen molar-refractivity contribution >= 4 is 23.7 Å². The Labute approximate surface area is 79.3 Å². The number of carboxylic acids is 2. The van der Waals surface area contributed by atoms with Gasteiger partial charge in [0.15, 0.2) is 0 Å². The molecule has 0 saturated carbocycles. The first-order valence-corrected chi connectivity index (χ1v) is 5.16. The van der Waals surface area contributed by atoms with Crippen molar-refractivity contribution in [2.45, 2.75) is 23.3 Å². The minimum absolute atomic E-state index is 0.0311. The van der Waals surface area contributed by atoms with Crippen LogP contribution in [-0.2, 0) is 9.59 Å². The zero-order valence-electron chi connectivity index (χ0n) is 6.84. The summed E-state index contributed by atoms with van der Waals surface area (Å²) in [6.07, 6.45) is 1.71. The van der Waals surface area contributed by atoms with Crippen LogP contribution >= 0.6 is 11.8 Å². The lowest BCUT2D eigenvalue weighted by Gasteiger charge is -2.22. The van der Waals surface area contributed by atoms with E-state index in [1.165, 1.54) is 0 Å². The summed E-state index contributed by atoms with van der Waals surface area (Å²) in [6, 6.07) is 0. The van der Waals surface area contributed by atoms with Crippen LogP contribution in [0, 0.1) is 11.8 Å². The number of hydrogen-bond acceptors (Lipinski definition) is 3. The molecule has 0 unspecified atom stereocenters. The minimum atomic E-state index is -0.952. The van der Waals surface area contributed by atoms with Gasteiger partial charge in [-0.15, -0.1) is 0 Å². The Kier molecular flexibility index (Phi) is 1.98. The van der Waals surface area contributed by atoms with Crippen molar-refractivity contribution < 1.29 is 19.8 Å². The third-order valence-electron chi connectivity index (χ3n) is 2.84. The van der Waals surface area contributed by atoms with Gasteiger partial charge in [-0.25, -0.2) is 0 Å². The lowest BCUT2D eigenvalue weighted by atomic mass is 9.79. The molecule has 0 aliphatic carbocycles. The van der Waals surface area contributed by atoms with Crippen LogP contribution in [-0.4, -0.2) is 32.7 Å². The molecule has 4 atom stereocenters. The molecular weight excluding hydrogens is 192 g/mol. The van der Waals surface area contributed by atoms with Crippen molar-refractivity contribution in [1.29, 1.82) is 0 Å². The smallest absolute Gasteiger partial charge is 0.308 e. The van der Waals surface area contributed by atoms with Crippen LogP contribution in [0.1, 0.15) is 12.8 Å². The summed E-state index contributed by atoms with van der Waals surface area (Å²) in [7, 11) is 0. The molecule has 0 spiro atoms. The van der Waals surface area contributed by atoms with Gasteiger partial charge >= 0.3 is 11.9 Å². The van der Waals surface area contributed by atoms with E-state index in [-0.39, 0.29) is 10.5 Å². The maximum atomic E-state index is 10.8. The van der Waals surface area contributed by atoms with Gasteiger partial charge in [-0.3, -0.25) is 9.59 Å². The highest BCUT2D eigenvalue weighted by Crippen LogP contribution is 2.53. The van der Waals surface area contributed by atoms with Crippen molar-refractivity contribution in [2.75, 3.05) is 0 Å². The summed E-state index contributed by atoms with van der Waals surface area (Å²) >= 11 is 1.54. The highest BCUT2D eigenvalue weighted by atomic mass is 32.2. The van der Waals surface area contributed by atoms with Crippen LogP contribution in [0.25, 0.3) is 0 Å². The quantitative estimate of drug-likeness (QED) is 0.688. The lowest BCUT2D eigenvalue weighted by molar-refractivity contribution is -0.154. The van der Waals surface area contributed by atoms with Crippen molar-refractivity contribution in [3.63, 3.8) is 0 Å². The predicted molar refractivity (Wildman–Crippen MR) is 46.7 cm³/mol. The van der Waals surface area contributed by atoms with Crippen LogP contribution < -0.4 is 0 Å². The molecule has 0 amide bonds. The van der Waals surface area contributed by atoms with Crippen molar-refractivity contribution in [2.24, 2.45) is 11.8 Å². The van der Waals surface area contributed by atoms with Crippen LogP contribution in [0.5, 0.6) is 0 Å². The summed E-state index contributed by atoms with van der Waals surface area (Å²) in [5.41, 5.74) is 0. The van der Waals surface area contributed by atoms with E-state index in [1.54, 1.807) is 11.8 Å². The molecule has 0 aromatic heterocycles. The Bertz CT molecular complexity index is 239. The number of carboxylic acid groups (broad SMARTS) is 2. The molecule has 5 heteroatoms. The van der Waals surface area contributed by atoms with Gasteiger partial charge in [-0.1, -0.05) is 0 Å². The normalized spacial score (nSPS) is 42.2. The van der Waals surface area contributed by atoms with E-state index in [0.717, 1.165) is 12.8 Å². The Hall–Kier alpha value is -0.710. The summed E-state index contributed by atoms with van der Waals surface area (Å²) < 4.78 is 0. The first-order valence-electron chi connectivity index (χ1n) is 4.22. The van der Waals surface area contributed by atoms with E-state index in [0.29, 0.717) is 0 Å². The van der Waals surface area contributed by atoms with E-state index in [9.17, 15) is 9.59 Å². The zero-order chi connectivity index (χ0) is 9.59. The Morgan fingerprint density at radius 3 is 1.69 bits per heavy atom. The largest absolute Gasteiger partial charge is 0.481 e. The molecule has 4 nitrogen and oxygen atoms in total. The molecule has 2 aliphatic rings. The van der Waals surface area contributed by atoms with Crippen LogP contribution in [0.4, 0.5) is 0 Å². The third kappa shape index (κ3) is 1.22. The minimum Gasteiger partial charge on any atom is -0.481 e. The molecule has 2 saturated heterocycles. The average molecular weight is 202 g/mol. The molecule has 2 bridgehead atoms. The van der Waals surface area contributed by atoms with Gasteiger partial charge in [0.1, 0.15) is 0 Å². The molecule has 0 radical (unpaired) electrons. The highest BCUT2D eigenvalue weighted by molar-refractivity contribution is 8.01. The second-order valence-electron chi connectivity index (χ2n) is 3.52. The first kappa shape index (κ1) is 8.87. The van der Waals surface area contributed by atoms with Gasteiger partial charge in [0.05, 0.1) is 11.8 Å². The Morgan fingerprint density at radius 1 is 1.00 bits per heavy atom. The van der Waals surface area contributed by atoms with Crippen molar-refractivity contribution in [3.8, 4) is 0 Å². The molecule has 2 N–H and O–H groups in total. The summed E-state index contributed by atoms with van der Waals surface area (Å²) in [5, 5.41) is 17.8. The first-order chi connectivity index (χ1) is 6.11. The molecule has 0 aromatic rings. The van der Waals surface area contributed by atoms with Gasteiger partial charge in [0.2, 0.25) is 0 Å². The summed E-state index contributed by atoms with van der Waals surface area (Å²) in [4.78, 5) is 21.7. The van der Waals surface area contributed by atoms with E-state index >= 15 is 0 Å². The fraction of sp³-hybridized carbons (Fsp3) is 0.750. The van der Waals surface area contributed by atoms with E-state index in [1.807, 2.05) is 0 Å². The number of aliphatic carboxylic acids is 2. The second kappa shape index (κ2) is 2.90. The second-order valence-corrected chi connectivity index (χ2v) is 5.00. The van der Waals surface area contributed by atoms with Gasteiger partial charge in [0, 0.05) is 10.5 Å². The summed E-state index contributed by atoms with van der Waals surface area (Å²) in [6.45, 7) is 0. The number of thioether (sulfide) groups is 1. The van der Waals surface area contributed by atoms with E-state index < -0.39 is 23.8 Å². The number of rotatable bonds is 2. The molecule has 2 aliphatic heterocycles. The molecular formula is C8H10O4S. The predicted octanol–water partition coefficient (Wildman–Crippen LogP) is 0.666. The highest BCUT2D eigenvalue weighted by Gasteiger charge is 2.55. The molecule has 2 fully saturated rings. The van der Waals surface area contributed by atoms with Gasteiger partial charge in [0.25, 0.3) is 0 Å². The Morgan fingerprint density at radius 2 is 1.38 bits per heavy atom. The van der Waals surface area contributed by atoms with Crippen molar-refractivity contribution in [1.82, 2.24) is 0 Å². The third-order valence-corrected chi connectivity index (χ3v) is 4.60. The van der Waals surface area contributed by atoms with Crippen LogP contribution in [0.15, 0.2) is 0 Å². The standard InChI is InChI=1S/C8H10O4S/c9-7(10)5-3-1-2-4(13-3)6(5)8(11)12/h3-6H,1-2H2,(H,9,10)(H,11,12)/t3-,4+,5+,6-. The molecule has 72 valence electrons.